The van der Waals surface area contributed by atoms with Gasteiger partial charge in [-0.1, -0.05) is 36.4 Å². The monoisotopic (exact) mass is 450 g/mol. The first kappa shape index (κ1) is 22.5. The molecule has 4 rings (SSSR count). The van der Waals surface area contributed by atoms with Crippen molar-refractivity contribution in [1.82, 2.24) is 9.13 Å². The zero-order valence-corrected chi connectivity index (χ0v) is 18.8. The fourth-order valence-electron chi connectivity index (χ4n) is 4.31. The van der Waals surface area contributed by atoms with Crippen LogP contribution in [0.2, 0.25) is 0 Å². The molecule has 0 atom stereocenters. The highest BCUT2D eigenvalue weighted by atomic mass is 16.2. The second-order valence-electron chi connectivity index (χ2n) is 8.25. The minimum Gasteiger partial charge on any atom is -0.384 e. The van der Waals surface area contributed by atoms with Crippen molar-refractivity contribution in [2.45, 2.75) is 20.0 Å². The molecule has 0 bridgehead atoms. The van der Waals surface area contributed by atoms with Gasteiger partial charge in [0.2, 0.25) is 5.78 Å². The molecular formula is C24H30N6O3+2. The van der Waals surface area contributed by atoms with E-state index in [1.165, 1.54) is 4.57 Å². The fourth-order valence-corrected chi connectivity index (χ4v) is 4.31. The molecule has 0 radical (unpaired) electrons. The summed E-state index contributed by atoms with van der Waals surface area (Å²) >= 11 is 0. The molecule has 9 heteroatoms. The number of Topliss-reactive ketones (excluding diaryl/α,β-unsaturated/α-hetero) is 1. The molecule has 1 aromatic carbocycles. The molecule has 3 aromatic rings. The first-order valence-corrected chi connectivity index (χ1v) is 11.2. The van der Waals surface area contributed by atoms with Crippen molar-refractivity contribution >= 4 is 17.4 Å². The van der Waals surface area contributed by atoms with Crippen LogP contribution in [0.5, 0.6) is 0 Å². The van der Waals surface area contributed by atoms with Crippen molar-refractivity contribution in [1.29, 1.82) is 0 Å². The average Bonchev–Trinajstić information content (AvgIpc) is 2.84. The smallest absolute Gasteiger partial charge is 0.332 e. The Morgan fingerprint density at radius 2 is 1.73 bits per heavy atom. The molecule has 33 heavy (non-hydrogen) atoms. The van der Waals surface area contributed by atoms with E-state index in [0.717, 1.165) is 47.0 Å². The number of hydrogen-bond acceptors (Lipinski definition) is 5. The van der Waals surface area contributed by atoms with Gasteiger partial charge in [-0.05, 0) is 18.6 Å². The van der Waals surface area contributed by atoms with Crippen LogP contribution in [0.3, 0.4) is 0 Å². The highest BCUT2D eigenvalue weighted by molar-refractivity contribution is 6.00. The topological polar surface area (TPSA) is 109 Å². The predicted octanol–water partition coefficient (Wildman–Crippen LogP) is -0.938. The Kier molecular flexibility index (Phi) is 6.69. The summed E-state index contributed by atoms with van der Waals surface area (Å²) in [5, 5.41) is 0. The van der Waals surface area contributed by atoms with Crippen LogP contribution >= 0.6 is 0 Å². The molecule has 9 nitrogen and oxygen atoms in total. The molecule has 0 unspecified atom stereocenters. The maximum atomic E-state index is 13.2. The maximum absolute atomic E-state index is 13.2. The quantitative estimate of drug-likeness (QED) is 0.452. The van der Waals surface area contributed by atoms with Gasteiger partial charge in [-0.2, -0.15) is 0 Å². The fraction of sp³-hybridized carbons (Fsp3) is 0.333. The number of carbonyl (C=O) groups excluding carboxylic acids is 1. The van der Waals surface area contributed by atoms with Crippen molar-refractivity contribution in [2.75, 3.05) is 43.4 Å². The van der Waals surface area contributed by atoms with E-state index in [1.807, 2.05) is 54.7 Å². The lowest BCUT2D eigenvalue weighted by Crippen LogP contribution is -3.15. The second kappa shape index (κ2) is 9.83. The number of quaternary nitrogens is 1. The number of nitrogens with zero attached hydrogens (tertiary/aromatic N) is 3. The molecular weight excluding hydrogens is 420 g/mol. The molecule has 2 aromatic heterocycles. The van der Waals surface area contributed by atoms with Gasteiger partial charge in [0.15, 0.2) is 0 Å². The minimum absolute atomic E-state index is 0.0551. The van der Waals surface area contributed by atoms with Gasteiger partial charge in [0.25, 0.3) is 11.4 Å². The van der Waals surface area contributed by atoms with Gasteiger partial charge in [-0.3, -0.25) is 23.6 Å². The number of piperazine rings is 1. The number of aromatic nitrogens is 3. The Bertz CT molecular complexity index is 1230. The van der Waals surface area contributed by atoms with E-state index in [9.17, 15) is 14.4 Å². The predicted molar refractivity (Wildman–Crippen MR) is 126 cm³/mol. The lowest BCUT2D eigenvalue weighted by atomic mass is 10.1. The van der Waals surface area contributed by atoms with Crippen molar-refractivity contribution < 1.29 is 14.7 Å². The third-order valence-corrected chi connectivity index (χ3v) is 6.16. The van der Waals surface area contributed by atoms with Crippen LogP contribution in [0.25, 0.3) is 0 Å². The zero-order valence-electron chi connectivity index (χ0n) is 18.8. The van der Waals surface area contributed by atoms with E-state index in [0.29, 0.717) is 0 Å². The van der Waals surface area contributed by atoms with E-state index in [4.69, 9.17) is 5.73 Å². The van der Waals surface area contributed by atoms with E-state index in [1.54, 1.807) is 6.92 Å². The number of benzene rings is 1. The summed E-state index contributed by atoms with van der Waals surface area (Å²) in [4.78, 5) is 45.7. The number of anilines is 2. The molecule has 0 spiro atoms. The van der Waals surface area contributed by atoms with Crippen LogP contribution in [0.15, 0.2) is 64.3 Å². The molecule has 0 amide bonds. The van der Waals surface area contributed by atoms with Crippen LogP contribution in [0.4, 0.5) is 11.6 Å². The van der Waals surface area contributed by atoms with Crippen LogP contribution in [0, 0.1) is 0 Å². The van der Waals surface area contributed by atoms with Crippen molar-refractivity contribution in [3.05, 3.63) is 86.7 Å². The van der Waals surface area contributed by atoms with E-state index in [2.05, 4.69) is 9.88 Å². The number of hydrogen-bond donors (Lipinski definition) is 2. The van der Waals surface area contributed by atoms with Gasteiger partial charge in [-0.15, -0.1) is 0 Å². The molecule has 0 saturated carbocycles. The third kappa shape index (κ3) is 4.73. The van der Waals surface area contributed by atoms with Gasteiger partial charge < -0.3 is 10.6 Å². The van der Waals surface area contributed by atoms with Gasteiger partial charge in [0, 0.05) is 12.6 Å². The summed E-state index contributed by atoms with van der Waals surface area (Å²) < 4.78 is 2.41. The highest BCUT2D eigenvalue weighted by Gasteiger charge is 2.30. The third-order valence-electron chi connectivity index (χ3n) is 6.16. The summed E-state index contributed by atoms with van der Waals surface area (Å²) in [6.07, 6.45) is 1.89. The molecule has 4 N–H and O–H groups in total. The molecule has 3 heterocycles. The van der Waals surface area contributed by atoms with Gasteiger partial charge in [0.05, 0.1) is 12.7 Å². The Balaban J connectivity index is 1.55. The Hall–Kier alpha value is -3.72. The maximum Gasteiger partial charge on any atom is 0.332 e. The van der Waals surface area contributed by atoms with Crippen molar-refractivity contribution in [3.63, 3.8) is 0 Å². The molecule has 1 saturated heterocycles. The lowest BCUT2D eigenvalue weighted by Gasteiger charge is -2.28. The van der Waals surface area contributed by atoms with Gasteiger partial charge >= 0.3 is 5.69 Å². The van der Waals surface area contributed by atoms with Crippen molar-refractivity contribution in [2.24, 2.45) is 0 Å². The Morgan fingerprint density at radius 1 is 1.03 bits per heavy atom. The van der Waals surface area contributed by atoms with E-state index >= 15 is 0 Å². The first-order valence-electron chi connectivity index (χ1n) is 11.2. The number of rotatable bonds is 7. The normalized spacial score (nSPS) is 14.4. The second-order valence-corrected chi connectivity index (χ2v) is 8.25. The SMILES string of the molecule is CCn1c(=O)c(C(=O)C[NH+]2CCN(c3cccc[nH+]3)CC2)c(N)n(Cc2ccccc2)c1=O. The molecule has 0 aliphatic carbocycles. The van der Waals surface area contributed by atoms with Crippen LogP contribution < -0.4 is 31.8 Å². The summed E-state index contributed by atoms with van der Waals surface area (Å²) in [5.41, 5.74) is 5.94. The van der Waals surface area contributed by atoms with Gasteiger partial charge in [0.1, 0.15) is 44.1 Å². The van der Waals surface area contributed by atoms with Crippen molar-refractivity contribution in [3.8, 4) is 0 Å². The number of nitrogens with one attached hydrogen (secondary N) is 2. The molecule has 1 fully saturated rings. The van der Waals surface area contributed by atoms with Crippen LogP contribution in [-0.4, -0.2) is 47.6 Å². The van der Waals surface area contributed by atoms with Crippen LogP contribution in [0.1, 0.15) is 22.8 Å². The average molecular weight is 451 g/mol. The van der Waals surface area contributed by atoms with E-state index < -0.39 is 11.2 Å². The zero-order chi connectivity index (χ0) is 23.4. The Morgan fingerprint density at radius 3 is 2.36 bits per heavy atom. The molecule has 1 aliphatic rings. The van der Waals surface area contributed by atoms with E-state index in [-0.39, 0.29) is 36.8 Å². The van der Waals surface area contributed by atoms with Gasteiger partial charge in [-0.25, -0.2) is 9.78 Å². The van der Waals surface area contributed by atoms with Crippen LogP contribution in [-0.2, 0) is 13.1 Å². The summed E-state index contributed by atoms with van der Waals surface area (Å²) in [7, 11) is 0. The first-order chi connectivity index (χ1) is 16.0. The molecule has 1 aliphatic heterocycles. The standard InChI is InChI=1S/C24H28N6O3/c1-2-29-23(32)21(22(25)30(24(29)33)16-18-8-4-3-5-9-18)19(31)17-27-12-14-28(15-13-27)20-10-6-7-11-26-20/h3-11H,2,12-17,25H2,1H3/p+2. The summed E-state index contributed by atoms with van der Waals surface area (Å²) in [6.45, 7) is 5.37. The number of pyridine rings is 1. The Labute approximate surface area is 191 Å². The summed E-state index contributed by atoms with van der Waals surface area (Å²) in [6, 6.07) is 15.3. The summed E-state index contributed by atoms with van der Waals surface area (Å²) in [5.74, 6) is 0.669. The highest BCUT2D eigenvalue weighted by Crippen LogP contribution is 2.10. The largest absolute Gasteiger partial charge is 0.384 e. The minimum atomic E-state index is -0.605. The number of nitrogens with two attached hydrogens (primary N) is 1. The molecule has 172 valence electrons. The number of ketones is 1. The lowest BCUT2D eigenvalue weighted by molar-refractivity contribution is -0.892. The number of H-pyrrole nitrogens is 1. The number of nitrogen functional groups attached to an aromatic ring is 1. The number of aromatic amines is 1. The number of carbonyl (C=O) groups is 1.